The molecule has 0 aromatic rings. The second kappa shape index (κ2) is 11.8. The number of rotatable bonds is 5. The summed E-state index contributed by atoms with van der Waals surface area (Å²) < 4.78 is 5.24. The molecule has 0 aliphatic carbocycles. The van der Waals surface area contributed by atoms with E-state index >= 15 is 0 Å². The molecule has 0 unspecified atom stereocenters. The third kappa shape index (κ3) is 17.3. The molecule has 136 valence electrons. The third-order valence-electron chi connectivity index (χ3n) is 3.02. The van der Waals surface area contributed by atoms with E-state index in [0.717, 1.165) is 20.0 Å². The van der Waals surface area contributed by atoms with Crippen LogP contribution in [0.1, 0.15) is 82.1 Å². The second-order valence-corrected chi connectivity index (χ2v) is 7.71. The normalized spacial score (nSPS) is 11.5. The fourth-order valence-corrected chi connectivity index (χ4v) is 2.11. The number of carbonyl (C=O) groups is 1. The average molecular weight is 320 g/mol. The van der Waals surface area contributed by atoms with Crippen LogP contribution in [0.4, 0.5) is 4.79 Å². The highest BCUT2D eigenvalue weighted by Gasteiger charge is 2.28. The molecule has 0 saturated carbocycles. The van der Waals surface area contributed by atoms with E-state index in [-0.39, 0.29) is 11.5 Å². The van der Waals surface area contributed by atoms with Gasteiger partial charge >= 0.3 is 6.09 Å². The molecule has 2 N–H and O–H groups in total. The number of hydrogen-bond donors (Lipinski definition) is 2. The molecule has 22 heavy (non-hydrogen) atoms. The first-order valence-electron chi connectivity index (χ1n) is 8.28. The van der Waals surface area contributed by atoms with Gasteiger partial charge < -0.3 is 15.2 Å². The lowest BCUT2D eigenvalue weighted by atomic mass is 9.74. The summed E-state index contributed by atoms with van der Waals surface area (Å²) in [5.41, 5.74) is -0.0492. The first kappa shape index (κ1) is 26.1. The number of aliphatic hydroxyl groups is 1. The van der Waals surface area contributed by atoms with Gasteiger partial charge in [0.15, 0.2) is 0 Å². The largest absolute Gasteiger partial charge is 0.444 e. The molecule has 0 heterocycles. The van der Waals surface area contributed by atoms with E-state index in [9.17, 15) is 4.79 Å². The molecule has 4 heteroatoms. The highest BCUT2D eigenvalue weighted by atomic mass is 16.6. The van der Waals surface area contributed by atoms with Gasteiger partial charge in [-0.05, 0) is 38.0 Å². The van der Waals surface area contributed by atoms with Crippen molar-refractivity contribution in [1.82, 2.24) is 5.32 Å². The summed E-state index contributed by atoms with van der Waals surface area (Å²) in [6.45, 7) is 21.4. The van der Waals surface area contributed by atoms with E-state index in [0.29, 0.717) is 12.0 Å². The Morgan fingerprint density at radius 1 is 0.955 bits per heavy atom. The minimum atomic E-state index is -0.434. The molecule has 0 spiro atoms. The van der Waals surface area contributed by atoms with Gasteiger partial charge in [-0.25, -0.2) is 4.79 Å². The van der Waals surface area contributed by atoms with Gasteiger partial charge in [0.1, 0.15) is 5.60 Å². The number of carbonyl (C=O) groups excluding carboxylic acids is 1. The highest BCUT2D eigenvalue weighted by molar-refractivity contribution is 5.67. The van der Waals surface area contributed by atoms with E-state index in [2.05, 4.69) is 39.9 Å². The first-order chi connectivity index (χ1) is 9.87. The van der Waals surface area contributed by atoms with Crippen molar-refractivity contribution in [2.45, 2.75) is 87.7 Å². The van der Waals surface area contributed by atoms with E-state index in [1.54, 1.807) is 0 Å². The van der Waals surface area contributed by atoms with Crippen LogP contribution in [0.3, 0.4) is 0 Å². The Morgan fingerprint density at radius 2 is 1.36 bits per heavy atom. The molecule has 0 aromatic heterocycles. The molecule has 0 saturated heterocycles. The van der Waals surface area contributed by atoms with Gasteiger partial charge in [0.25, 0.3) is 0 Å². The molecule has 0 fully saturated rings. The van der Waals surface area contributed by atoms with Crippen molar-refractivity contribution in [3.8, 4) is 0 Å². The summed E-state index contributed by atoms with van der Waals surface area (Å²) >= 11 is 0. The van der Waals surface area contributed by atoms with Crippen LogP contribution in [0.15, 0.2) is 0 Å². The summed E-state index contributed by atoms with van der Waals surface area (Å²) in [5, 5.41) is 9.86. The van der Waals surface area contributed by atoms with Crippen molar-refractivity contribution in [1.29, 1.82) is 0 Å². The van der Waals surface area contributed by atoms with E-state index in [1.807, 2.05) is 34.6 Å². The first-order valence-corrected chi connectivity index (χ1v) is 8.28. The Bertz CT molecular complexity index is 279. The summed E-state index contributed by atoms with van der Waals surface area (Å²) in [4.78, 5) is 11.6. The van der Waals surface area contributed by atoms with Gasteiger partial charge in [-0.1, -0.05) is 54.9 Å². The molecule has 0 aliphatic rings. The maximum atomic E-state index is 11.6. The van der Waals surface area contributed by atoms with Gasteiger partial charge in [-0.15, -0.1) is 0 Å². The molecule has 0 aromatic carbocycles. The van der Waals surface area contributed by atoms with Crippen LogP contribution in [0, 0.1) is 10.8 Å². The number of ether oxygens (including phenoxy) is 1. The minimum Gasteiger partial charge on any atom is -0.444 e. The van der Waals surface area contributed by atoms with Crippen LogP contribution in [0.2, 0.25) is 0 Å². The monoisotopic (exact) mass is 319 g/mol. The molecule has 0 bridgehead atoms. The summed E-state index contributed by atoms with van der Waals surface area (Å²) in [5.74, 6) is 0. The fraction of sp³-hybridized carbons (Fsp3) is 0.944. The van der Waals surface area contributed by atoms with Gasteiger partial charge in [0.2, 0.25) is 0 Å². The van der Waals surface area contributed by atoms with Gasteiger partial charge in [0.05, 0.1) is 0 Å². The number of amides is 1. The Labute approximate surface area is 139 Å². The molecule has 4 nitrogen and oxygen atoms in total. The lowest BCUT2D eigenvalue weighted by Crippen LogP contribution is -2.39. The molecule has 0 radical (unpaired) electrons. The van der Waals surface area contributed by atoms with Crippen molar-refractivity contribution < 1.29 is 14.6 Å². The van der Waals surface area contributed by atoms with Crippen molar-refractivity contribution in [3.63, 3.8) is 0 Å². The zero-order valence-corrected chi connectivity index (χ0v) is 16.9. The Kier molecular flexibility index (Phi) is 14.0. The van der Waals surface area contributed by atoms with Gasteiger partial charge in [0, 0.05) is 13.7 Å². The summed E-state index contributed by atoms with van der Waals surface area (Å²) in [6.07, 6.45) is 1.89. The molecular formula is C18H41NO3. The van der Waals surface area contributed by atoms with Crippen molar-refractivity contribution in [2.75, 3.05) is 13.7 Å². The van der Waals surface area contributed by atoms with Crippen LogP contribution in [-0.2, 0) is 4.74 Å². The van der Waals surface area contributed by atoms with Gasteiger partial charge in [-0.2, -0.15) is 0 Å². The Balaban J connectivity index is -0.000000826. The van der Waals surface area contributed by atoms with Crippen LogP contribution < -0.4 is 5.32 Å². The zero-order valence-electron chi connectivity index (χ0n) is 16.9. The van der Waals surface area contributed by atoms with Gasteiger partial charge in [-0.3, -0.25) is 0 Å². The quantitative estimate of drug-likeness (QED) is 0.750. The molecule has 0 aliphatic heterocycles. The van der Waals surface area contributed by atoms with Crippen molar-refractivity contribution in [3.05, 3.63) is 0 Å². The lowest BCUT2D eigenvalue weighted by Gasteiger charge is -2.34. The predicted molar refractivity (Wildman–Crippen MR) is 96.2 cm³/mol. The number of aliphatic hydroxyl groups excluding tert-OH is 1. The topological polar surface area (TPSA) is 58.6 Å². The fourth-order valence-electron chi connectivity index (χ4n) is 2.11. The number of hydrogen-bond acceptors (Lipinski definition) is 3. The predicted octanol–water partition coefficient (Wildman–Crippen LogP) is 5.00. The highest BCUT2D eigenvalue weighted by Crippen LogP contribution is 2.35. The average Bonchev–Trinajstić information content (AvgIpc) is 2.38. The second-order valence-electron chi connectivity index (χ2n) is 7.71. The maximum Gasteiger partial charge on any atom is 0.407 e. The maximum absolute atomic E-state index is 11.6. The summed E-state index contributed by atoms with van der Waals surface area (Å²) in [6, 6.07) is 0. The van der Waals surface area contributed by atoms with Crippen LogP contribution in [0.5, 0.6) is 0 Å². The van der Waals surface area contributed by atoms with E-state index in [1.165, 1.54) is 0 Å². The van der Waals surface area contributed by atoms with Crippen LogP contribution >= 0.6 is 0 Å². The van der Waals surface area contributed by atoms with Crippen molar-refractivity contribution >= 4 is 6.09 Å². The molecule has 0 atom stereocenters. The third-order valence-corrected chi connectivity index (χ3v) is 3.02. The molecular weight excluding hydrogens is 278 g/mol. The van der Waals surface area contributed by atoms with E-state index < -0.39 is 5.60 Å². The number of alkyl carbamates (subject to hydrolysis) is 1. The smallest absolute Gasteiger partial charge is 0.407 e. The zero-order chi connectivity index (χ0) is 18.6. The minimum absolute atomic E-state index is 0.0798. The molecule has 1 amide bonds. The standard InChI is InChI=1S/C15H31NO2.C2H6.CH4O/c1-9-14(5,6)10-15(7,8)11-16-12(17)18-13(2,3)4;2*1-2/h9-11H2,1-8H3,(H,16,17);1-2H3;2H,1H3. The Hall–Kier alpha value is -0.770. The Morgan fingerprint density at radius 3 is 1.68 bits per heavy atom. The van der Waals surface area contributed by atoms with Crippen LogP contribution in [0.25, 0.3) is 0 Å². The SMILES string of the molecule is CC.CCC(C)(C)CC(C)(C)CNC(=O)OC(C)(C)C.CO. The van der Waals surface area contributed by atoms with Crippen molar-refractivity contribution in [2.24, 2.45) is 10.8 Å². The summed E-state index contributed by atoms with van der Waals surface area (Å²) in [7, 11) is 1.00. The molecule has 0 rings (SSSR count). The van der Waals surface area contributed by atoms with Crippen LogP contribution in [-0.4, -0.2) is 30.5 Å². The van der Waals surface area contributed by atoms with E-state index in [4.69, 9.17) is 9.84 Å². The number of nitrogens with one attached hydrogen (secondary N) is 1. The lowest BCUT2D eigenvalue weighted by molar-refractivity contribution is 0.0492.